The molecule has 0 aliphatic carbocycles. The Bertz CT molecular complexity index is 494. The molecule has 1 aromatic carbocycles. The second kappa shape index (κ2) is 4.66. The molecule has 1 heterocycles. The van der Waals surface area contributed by atoms with Crippen LogP contribution in [-0.4, -0.2) is 11.3 Å². The van der Waals surface area contributed by atoms with Crippen LogP contribution in [0.15, 0.2) is 42.6 Å². The minimum Gasteiger partial charge on any atom is -0.303 e. The quantitative estimate of drug-likeness (QED) is 0.737. The molecule has 0 atom stereocenters. The first-order valence-electron chi connectivity index (χ1n) is 4.95. The zero-order chi connectivity index (χ0) is 11.4. The molecule has 80 valence electrons. The smallest absolute Gasteiger partial charge is 0.124 e. The van der Waals surface area contributed by atoms with Crippen LogP contribution in [0.5, 0.6) is 0 Å². The summed E-state index contributed by atoms with van der Waals surface area (Å²) < 4.78 is 12.8. The maximum absolute atomic E-state index is 12.8. The number of rotatable bonds is 3. The largest absolute Gasteiger partial charge is 0.303 e. The number of pyridine rings is 1. The summed E-state index contributed by atoms with van der Waals surface area (Å²) in [6, 6.07) is 9.72. The lowest BCUT2D eigenvalue weighted by atomic mass is 10.0. The van der Waals surface area contributed by atoms with E-state index in [2.05, 4.69) is 4.98 Å². The summed E-state index contributed by atoms with van der Waals surface area (Å²) in [6.07, 6.45) is 2.82. The van der Waals surface area contributed by atoms with Gasteiger partial charge in [0.25, 0.3) is 0 Å². The monoisotopic (exact) mass is 215 g/mol. The zero-order valence-electron chi connectivity index (χ0n) is 8.56. The topological polar surface area (TPSA) is 30.0 Å². The second-order valence-corrected chi connectivity index (χ2v) is 3.39. The predicted octanol–water partition coefficient (Wildman–Crippen LogP) is 2.63. The molecule has 0 saturated heterocycles. The van der Waals surface area contributed by atoms with Gasteiger partial charge in [-0.3, -0.25) is 4.98 Å². The van der Waals surface area contributed by atoms with Gasteiger partial charge in [0.15, 0.2) is 0 Å². The molecule has 2 rings (SSSR count). The fraction of sp³-hybridized carbons (Fsp3) is 0.0769. The van der Waals surface area contributed by atoms with Crippen LogP contribution in [0.2, 0.25) is 0 Å². The lowest BCUT2D eigenvalue weighted by Crippen LogP contribution is -1.93. The number of carbonyl (C=O) groups excluding carboxylic acids is 1. The molecular formula is C13H10FNO. The number of aromatic nitrogens is 1. The third-order valence-electron chi connectivity index (χ3n) is 2.31. The number of hydrogen-bond donors (Lipinski definition) is 0. The van der Waals surface area contributed by atoms with E-state index in [1.165, 1.54) is 12.1 Å². The lowest BCUT2D eigenvalue weighted by Gasteiger charge is -2.05. The highest BCUT2D eigenvalue weighted by Gasteiger charge is 2.05. The Morgan fingerprint density at radius 2 is 1.94 bits per heavy atom. The molecule has 0 fully saturated rings. The summed E-state index contributed by atoms with van der Waals surface area (Å²) in [4.78, 5) is 14.7. The van der Waals surface area contributed by atoms with Gasteiger partial charge in [-0.15, -0.1) is 0 Å². The van der Waals surface area contributed by atoms with Crippen molar-refractivity contribution in [3.63, 3.8) is 0 Å². The summed E-state index contributed by atoms with van der Waals surface area (Å²) in [5.41, 5.74) is 2.40. The van der Waals surface area contributed by atoms with E-state index in [0.29, 0.717) is 6.42 Å². The van der Waals surface area contributed by atoms with E-state index in [1.54, 1.807) is 24.4 Å². The summed E-state index contributed by atoms with van der Waals surface area (Å²) >= 11 is 0. The van der Waals surface area contributed by atoms with Crippen molar-refractivity contribution >= 4 is 6.29 Å². The molecule has 1 aromatic heterocycles. The third kappa shape index (κ3) is 2.14. The average Bonchev–Trinajstić information content (AvgIpc) is 2.32. The summed E-state index contributed by atoms with van der Waals surface area (Å²) in [7, 11) is 0. The molecule has 2 nitrogen and oxygen atoms in total. The van der Waals surface area contributed by atoms with E-state index in [0.717, 1.165) is 23.1 Å². The molecule has 2 aromatic rings. The van der Waals surface area contributed by atoms with Gasteiger partial charge in [-0.25, -0.2) is 4.39 Å². The van der Waals surface area contributed by atoms with Crippen LogP contribution < -0.4 is 0 Å². The molecular weight excluding hydrogens is 205 g/mol. The first-order valence-corrected chi connectivity index (χ1v) is 4.95. The highest BCUT2D eigenvalue weighted by atomic mass is 19.1. The first-order chi connectivity index (χ1) is 7.81. The third-order valence-corrected chi connectivity index (χ3v) is 2.31. The molecule has 0 saturated carbocycles. The Hall–Kier alpha value is -2.03. The van der Waals surface area contributed by atoms with Crippen LogP contribution in [-0.2, 0) is 11.2 Å². The molecule has 0 aliphatic rings. The molecule has 0 N–H and O–H groups in total. The molecule has 16 heavy (non-hydrogen) atoms. The molecule has 0 amide bonds. The molecule has 0 unspecified atom stereocenters. The maximum Gasteiger partial charge on any atom is 0.124 e. The van der Waals surface area contributed by atoms with Crippen molar-refractivity contribution in [3.05, 3.63) is 54.0 Å². The predicted molar refractivity (Wildman–Crippen MR) is 59.4 cm³/mol. The van der Waals surface area contributed by atoms with Crippen LogP contribution in [0.4, 0.5) is 4.39 Å². The Kier molecular flexibility index (Phi) is 3.05. The van der Waals surface area contributed by atoms with Crippen LogP contribution in [0.3, 0.4) is 0 Å². The van der Waals surface area contributed by atoms with Crippen LogP contribution in [0, 0.1) is 5.82 Å². The van der Waals surface area contributed by atoms with Crippen LogP contribution in [0.25, 0.3) is 11.3 Å². The van der Waals surface area contributed by atoms with E-state index in [1.807, 2.05) is 6.07 Å². The highest BCUT2D eigenvalue weighted by molar-refractivity contribution is 5.67. The van der Waals surface area contributed by atoms with Gasteiger partial charge in [0.2, 0.25) is 0 Å². The van der Waals surface area contributed by atoms with Crippen molar-refractivity contribution in [3.8, 4) is 11.3 Å². The number of halogens is 1. The van der Waals surface area contributed by atoms with Gasteiger partial charge in [0.1, 0.15) is 12.1 Å². The average molecular weight is 215 g/mol. The fourth-order valence-electron chi connectivity index (χ4n) is 1.56. The van der Waals surface area contributed by atoms with E-state index in [4.69, 9.17) is 0 Å². The number of nitrogens with zero attached hydrogens (tertiary/aromatic N) is 1. The Balaban J connectivity index is 2.46. The molecule has 0 radical (unpaired) electrons. The molecule has 0 spiro atoms. The Labute approximate surface area is 92.8 Å². The van der Waals surface area contributed by atoms with Gasteiger partial charge >= 0.3 is 0 Å². The van der Waals surface area contributed by atoms with Crippen molar-refractivity contribution in [2.45, 2.75) is 6.42 Å². The fourth-order valence-corrected chi connectivity index (χ4v) is 1.56. The van der Waals surface area contributed by atoms with E-state index >= 15 is 0 Å². The molecule has 3 heteroatoms. The number of hydrogen-bond acceptors (Lipinski definition) is 2. The van der Waals surface area contributed by atoms with Gasteiger partial charge in [-0.1, -0.05) is 6.07 Å². The summed E-state index contributed by atoms with van der Waals surface area (Å²) in [5, 5.41) is 0. The number of benzene rings is 1. The normalized spacial score (nSPS) is 10.1. The van der Waals surface area contributed by atoms with E-state index < -0.39 is 0 Å². The van der Waals surface area contributed by atoms with Gasteiger partial charge in [-0.2, -0.15) is 0 Å². The minimum atomic E-state index is -0.281. The maximum atomic E-state index is 12.8. The number of carbonyl (C=O) groups is 1. The van der Waals surface area contributed by atoms with Crippen LogP contribution >= 0.6 is 0 Å². The van der Waals surface area contributed by atoms with Crippen molar-refractivity contribution < 1.29 is 9.18 Å². The SMILES string of the molecule is O=CCc1cccnc1-c1ccc(F)cc1. The van der Waals surface area contributed by atoms with Crippen LogP contribution in [0.1, 0.15) is 5.56 Å². The molecule has 0 aliphatic heterocycles. The van der Waals surface area contributed by atoms with Crippen molar-refractivity contribution in [2.24, 2.45) is 0 Å². The van der Waals surface area contributed by atoms with Crippen molar-refractivity contribution in [1.29, 1.82) is 0 Å². The van der Waals surface area contributed by atoms with Gasteiger partial charge in [0, 0.05) is 18.2 Å². The zero-order valence-corrected chi connectivity index (χ0v) is 8.56. The standard InChI is InChI=1S/C13H10FNO/c14-12-5-3-11(4-6-12)13-10(7-9-16)2-1-8-15-13/h1-6,8-9H,7H2. The first kappa shape index (κ1) is 10.5. The lowest BCUT2D eigenvalue weighted by molar-refractivity contribution is -0.107. The summed E-state index contributed by atoms with van der Waals surface area (Å²) in [6.45, 7) is 0. The number of aldehydes is 1. The van der Waals surface area contributed by atoms with Gasteiger partial charge in [0.05, 0.1) is 5.69 Å². The van der Waals surface area contributed by atoms with Crippen molar-refractivity contribution in [1.82, 2.24) is 4.98 Å². The molecule has 0 bridgehead atoms. The Morgan fingerprint density at radius 1 is 1.19 bits per heavy atom. The van der Waals surface area contributed by atoms with Gasteiger partial charge in [-0.05, 0) is 35.9 Å². The Morgan fingerprint density at radius 3 is 2.62 bits per heavy atom. The van der Waals surface area contributed by atoms with E-state index in [9.17, 15) is 9.18 Å². The van der Waals surface area contributed by atoms with Crippen molar-refractivity contribution in [2.75, 3.05) is 0 Å². The van der Waals surface area contributed by atoms with Gasteiger partial charge < -0.3 is 4.79 Å². The van der Waals surface area contributed by atoms with E-state index in [-0.39, 0.29) is 5.82 Å². The summed E-state index contributed by atoms with van der Waals surface area (Å²) in [5.74, 6) is -0.281. The second-order valence-electron chi connectivity index (χ2n) is 3.39. The minimum absolute atomic E-state index is 0.281. The highest BCUT2D eigenvalue weighted by Crippen LogP contribution is 2.21.